The molecule has 0 fully saturated rings. The number of hydrogen-bond acceptors (Lipinski definition) is 5. The molecule has 0 spiro atoms. The first-order chi connectivity index (χ1) is 6.42. The number of aliphatic carboxylic acids is 1. The second-order valence-corrected chi connectivity index (χ2v) is 3.35. The van der Waals surface area contributed by atoms with E-state index in [0.717, 1.165) is 0 Å². The highest BCUT2D eigenvalue weighted by molar-refractivity contribution is 6.40. The van der Waals surface area contributed by atoms with Gasteiger partial charge in [-0.25, -0.2) is 0 Å². The number of unbranched alkanes of at least 4 members (excludes halogenated alkanes) is 1. The number of carboxylic acids is 1. The van der Waals surface area contributed by atoms with Gasteiger partial charge in [-0.2, -0.15) is 0 Å². The molecule has 0 aromatic rings. The summed E-state index contributed by atoms with van der Waals surface area (Å²) in [5, 5.41) is 34.4. The molecule has 1 atom stereocenters. The van der Waals surface area contributed by atoms with Gasteiger partial charge in [0.1, 0.15) is 5.54 Å². The minimum atomic E-state index is -1.61. The zero-order chi connectivity index (χ0) is 11.2. The lowest BCUT2D eigenvalue weighted by molar-refractivity contribution is -0.145. The van der Waals surface area contributed by atoms with E-state index >= 15 is 0 Å². The number of nitrogens with two attached hydrogens (primary N) is 1. The Labute approximate surface area is 82.5 Å². The van der Waals surface area contributed by atoms with Gasteiger partial charge in [-0.3, -0.25) is 4.79 Å². The molecule has 6 N–H and O–H groups in total. The number of carboxylic acid groups (broad SMARTS) is 1. The maximum atomic E-state index is 10.6. The quantitative estimate of drug-likeness (QED) is 0.252. The number of aliphatic hydroxyl groups is 1. The van der Waals surface area contributed by atoms with Crippen LogP contribution in [0.1, 0.15) is 19.3 Å². The summed E-state index contributed by atoms with van der Waals surface area (Å²) in [4.78, 5) is 10.6. The monoisotopic (exact) mass is 205 g/mol. The molecule has 0 heterocycles. The minimum absolute atomic E-state index is 0.117. The van der Waals surface area contributed by atoms with E-state index in [1.807, 2.05) is 0 Å². The first-order valence-corrected chi connectivity index (χ1v) is 4.41. The molecule has 0 aliphatic carbocycles. The molecule has 0 rings (SSSR count). The summed E-state index contributed by atoms with van der Waals surface area (Å²) >= 11 is 0. The molecule has 0 aromatic heterocycles. The van der Waals surface area contributed by atoms with E-state index in [4.69, 9.17) is 26.0 Å². The molecule has 0 aromatic carbocycles. The van der Waals surface area contributed by atoms with Crippen LogP contribution in [-0.2, 0) is 4.79 Å². The largest absolute Gasteiger partial charge is 0.480 e. The van der Waals surface area contributed by atoms with E-state index in [1.54, 1.807) is 0 Å². The lowest BCUT2D eigenvalue weighted by atomic mass is 9.82. The summed E-state index contributed by atoms with van der Waals surface area (Å²) < 4.78 is 0. The highest BCUT2D eigenvalue weighted by atomic mass is 16.4. The van der Waals surface area contributed by atoms with Crippen LogP contribution in [0, 0.1) is 0 Å². The SMILES string of the molecule is NC(CO)(CCCCB(O)O)C(=O)O. The molecule has 7 heteroatoms. The molecule has 0 aliphatic rings. The first-order valence-electron chi connectivity index (χ1n) is 4.41. The second kappa shape index (κ2) is 5.97. The molecule has 1 unspecified atom stereocenters. The molecule has 82 valence electrons. The zero-order valence-electron chi connectivity index (χ0n) is 7.89. The predicted molar refractivity (Wildman–Crippen MR) is 50.5 cm³/mol. The van der Waals surface area contributed by atoms with E-state index in [2.05, 4.69) is 0 Å². The van der Waals surface area contributed by atoms with Crippen molar-refractivity contribution in [1.82, 2.24) is 0 Å². The summed E-state index contributed by atoms with van der Waals surface area (Å²) in [6.07, 6.45) is 1.19. The molecular formula is C7H16BNO5. The smallest absolute Gasteiger partial charge is 0.451 e. The third-order valence-corrected chi connectivity index (χ3v) is 2.04. The topological polar surface area (TPSA) is 124 Å². The number of hydrogen-bond donors (Lipinski definition) is 5. The van der Waals surface area contributed by atoms with Gasteiger partial charge in [0.15, 0.2) is 0 Å². The van der Waals surface area contributed by atoms with Gasteiger partial charge < -0.3 is 26.0 Å². The molecule has 14 heavy (non-hydrogen) atoms. The van der Waals surface area contributed by atoms with Gasteiger partial charge in [-0.05, 0) is 12.7 Å². The van der Waals surface area contributed by atoms with Crippen molar-refractivity contribution >= 4 is 13.1 Å². The van der Waals surface area contributed by atoms with Crippen LogP contribution in [-0.4, -0.2) is 45.5 Å². The van der Waals surface area contributed by atoms with Crippen molar-refractivity contribution in [3.05, 3.63) is 0 Å². The van der Waals surface area contributed by atoms with Gasteiger partial charge in [0, 0.05) is 0 Å². The van der Waals surface area contributed by atoms with Crippen LogP contribution in [0.2, 0.25) is 6.32 Å². The highest BCUT2D eigenvalue weighted by Gasteiger charge is 2.32. The normalized spacial score (nSPS) is 14.9. The number of aliphatic hydroxyl groups excluding tert-OH is 1. The van der Waals surface area contributed by atoms with Crippen LogP contribution >= 0.6 is 0 Å². The van der Waals surface area contributed by atoms with Crippen molar-refractivity contribution in [2.45, 2.75) is 31.1 Å². The van der Waals surface area contributed by atoms with Crippen LogP contribution in [0.3, 0.4) is 0 Å². The van der Waals surface area contributed by atoms with E-state index in [1.165, 1.54) is 0 Å². The fourth-order valence-electron chi connectivity index (χ4n) is 1.02. The molecule has 6 nitrogen and oxygen atoms in total. The Morgan fingerprint density at radius 3 is 2.29 bits per heavy atom. The van der Waals surface area contributed by atoms with Crippen LogP contribution in [0.15, 0.2) is 0 Å². The van der Waals surface area contributed by atoms with Crippen molar-refractivity contribution in [2.75, 3.05) is 6.61 Å². The Hall–Kier alpha value is -0.625. The van der Waals surface area contributed by atoms with E-state index in [9.17, 15) is 4.79 Å². The molecule has 0 aliphatic heterocycles. The average molecular weight is 205 g/mol. The number of carbonyl (C=O) groups is 1. The fraction of sp³-hybridized carbons (Fsp3) is 0.857. The van der Waals surface area contributed by atoms with Crippen LogP contribution in [0.25, 0.3) is 0 Å². The summed E-state index contributed by atoms with van der Waals surface area (Å²) in [6.45, 7) is -0.621. The molecular weight excluding hydrogens is 189 g/mol. The van der Waals surface area contributed by atoms with Gasteiger partial charge in [0.05, 0.1) is 6.61 Å². The molecule has 0 radical (unpaired) electrons. The molecule has 0 bridgehead atoms. The standard InChI is InChI=1S/C7H16BNO5/c9-7(5-10,6(11)12)3-1-2-4-8(13)14/h10,13-14H,1-5,9H2,(H,11,12). The Morgan fingerprint density at radius 1 is 1.36 bits per heavy atom. The number of rotatable bonds is 7. The molecule has 0 amide bonds. The Kier molecular flexibility index (Phi) is 5.70. The maximum Gasteiger partial charge on any atom is 0.451 e. The predicted octanol–water partition coefficient (Wildman–Crippen LogP) is -1.60. The average Bonchev–Trinajstić information content (AvgIpc) is 2.11. The zero-order valence-corrected chi connectivity index (χ0v) is 7.89. The Balaban J connectivity index is 3.79. The van der Waals surface area contributed by atoms with Gasteiger partial charge in [0.25, 0.3) is 0 Å². The Bertz CT molecular complexity index is 189. The fourth-order valence-corrected chi connectivity index (χ4v) is 1.02. The van der Waals surface area contributed by atoms with Gasteiger partial charge in [-0.15, -0.1) is 0 Å². The summed E-state index contributed by atoms with van der Waals surface area (Å²) in [7, 11) is -1.37. The summed E-state index contributed by atoms with van der Waals surface area (Å²) in [5.41, 5.74) is 3.77. The second-order valence-electron chi connectivity index (χ2n) is 3.35. The lowest BCUT2D eigenvalue weighted by Gasteiger charge is -2.21. The van der Waals surface area contributed by atoms with Crippen LogP contribution < -0.4 is 5.73 Å². The van der Waals surface area contributed by atoms with E-state index < -0.39 is 25.2 Å². The van der Waals surface area contributed by atoms with E-state index in [-0.39, 0.29) is 12.7 Å². The van der Waals surface area contributed by atoms with Crippen molar-refractivity contribution in [3.63, 3.8) is 0 Å². The lowest BCUT2D eigenvalue weighted by Crippen LogP contribution is -2.51. The maximum absolute atomic E-state index is 10.6. The van der Waals surface area contributed by atoms with Crippen molar-refractivity contribution in [1.29, 1.82) is 0 Å². The van der Waals surface area contributed by atoms with Crippen molar-refractivity contribution in [2.24, 2.45) is 5.73 Å². The Morgan fingerprint density at radius 2 is 1.93 bits per heavy atom. The molecule has 0 saturated heterocycles. The van der Waals surface area contributed by atoms with Crippen molar-refractivity contribution < 1.29 is 25.1 Å². The van der Waals surface area contributed by atoms with Crippen LogP contribution in [0.5, 0.6) is 0 Å². The third kappa shape index (κ3) is 4.57. The van der Waals surface area contributed by atoms with Gasteiger partial charge in [0.2, 0.25) is 0 Å². The molecule has 0 saturated carbocycles. The third-order valence-electron chi connectivity index (χ3n) is 2.04. The minimum Gasteiger partial charge on any atom is -0.480 e. The van der Waals surface area contributed by atoms with Crippen LogP contribution in [0.4, 0.5) is 0 Å². The van der Waals surface area contributed by atoms with Gasteiger partial charge >= 0.3 is 13.1 Å². The van der Waals surface area contributed by atoms with Crippen molar-refractivity contribution in [3.8, 4) is 0 Å². The van der Waals surface area contributed by atoms with Gasteiger partial charge in [-0.1, -0.05) is 12.8 Å². The van der Waals surface area contributed by atoms with E-state index in [0.29, 0.717) is 12.8 Å². The highest BCUT2D eigenvalue weighted by Crippen LogP contribution is 2.12. The summed E-state index contributed by atoms with van der Waals surface area (Å²) in [5.74, 6) is -1.25. The first kappa shape index (κ1) is 13.4. The summed E-state index contributed by atoms with van der Waals surface area (Å²) in [6, 6.07) is 0.